The van der Waals surface area contributed by atoms with Crippen molar-refractivity contribution in [1.29, 1.82) is 0 Å². The van der Waals surface area contributed by atoms with Crippen molar-refractivity contribution in [2.45, 2.75) is 109 Å². The zero-order valence-electron chi connectivity index (χ0n) is 30.1. The second-order valence-electron chi connectivity index (χ2n) is 15.2. The van der Waals surface area contributed by atoms with Crippen LogP contribution in [-0.2, 0) is 24.3 Å². The van der Waals surface area contributed by atoms with Crippen LogP contribution in [0.1, 0.15) is 74.1 Å². The molecule has 0 spiro atoms. The van der Waals surface area contributed by atoms with E-state index in [-0.39, 0.29) is 25.4 Å². The Kier molecular flexibility index (Phi) is 11.8. The maximum Gasteiger partial charge on any atom is 0.408 e. The molecule has 1 aromatic heterocycles. The number of methoxy groups -OCH3 is 1. The highest BCUT2D eigenvalue weighted by Gasteiger charge is 2.46. The first-order valence-electron chi connectivity index (χ1n) is 16.7. The van der Waals surface area contributed by atoms with Crippen LogP contribution >= 0.6 is 15.9 Å². The lowest BCUT2D eigenvalue weighted by atomic mass is 9.85. The molecule has 1 saturated heterocycles. The summed E-state index contributed by atoms with van der Waals surface area (Å²) in [4.78, 5) is 47.1. The Morgan fingerprint density at radius 3 is 2.30 bits per heavy atom. The van der Waals surface area contributed by atoms with Crippen molar-refractivity contribution in [2.75, 3.05) is 20.2 Å². The molecular formula is C35H50BrN5O8S. The summed E-state index contributed by atoms with van der Waals surface area (Å²) in [6.07, 6.45) is 1.77. The Hall–Kier alpha value is -3.43. The van der Waals surface area contributed by atoms with Crippen LogP contribution in [0.2, 0.25) is 0 Å². The number of pyridine rings is 1. The quantitative estimate of drug-likeness (QED) is 0.190. The molecule has 2 aromatic rings. The Balaban J connectivity index is 1.65. The number of amides is 3. The molecule has 1 saturated carbocycles. The summed E-state index contributed by atoms with van der Waals surface area (Å²) >= 11 is 3.49. The lowest BCUT2D eigenvalue weighted by Gasteiger charge is -2.37. The van der Waals surface area contributed by atoms with Crippen molar-refractivity contribution in [3.05, 3.63) is 41.5 Å². The minimum absolute atomic E-state index is 0.108. The summed E-state index contributed by atoms with van der Waals surface area (Å²) < 4.78 is 45.6. The number of carbonyl (C=O) groups excluding carboxylic acids is 3. The maximum atomic E-state index is 14.5. The van der Waals surface area contributed by atoms with Gasteiger partial charge in [-0.25, -0.2) is 18.2 Å². The van der Waals surface area contributed by atoms with E-state index in [1.807, 2.05) is 45.0 Å². The number of likely N-dealkylation sites (tertiary alicyclic amines) is 1. The first kappa shape index (κ1) is 39.4. The van der Waals surface area contributed by atoms with Crippen molar-refractivity contribution in [2.24, 2.45) is 5.41 Å². The van der Waals surface area contributed by atoms with E-state index in [1.54, 1.807) is 45.8 Å². The van der Waals surface area contributed by atoms with Gasteiger partial charge < -0.3 is 29.7 Å². The fraction of sp³-hybridized carbons (Fsp3) is 0.600. The van der Waals surface area contributed by atoms with Crippen molar-refractivity contribution < 1.29 is 37.0 Å². The molecule has 0 bridgehead atoms. The highest BCUT2D eigenvalue weighted by molar-refractivity contribution is 9.10. The number of alkyl carbamates (subject to hydrolysis) is 1. The van der Waals surface area contributed by atoms with Crippen LogP contribution in [0, 0.1) is 5.41 Å². The molecule has 1 aliphatic carbocycles. The molecule has 2 fully saturated rings. The van der Waals surface area contributed by atoms with Crippen molar-refractivity contribution in [3.63, 3.8) is 0 Å². The van der Waals surface area contributed by atoms with Gasteiger partial charge >= 0.3 is 6.09 Å². The Morgan fingerprint density at radius 2 is 1.74 bits per heavy atom. The number of sulfonamides is 1. The maximum absolute atomic E-state index is 14.5. The van der Waals surface area contributed by atoms with Gasteiger partial charge in [0.05, 0.1) is 24.4 Å². The normalized spacial score (nSPS) is 20.1. The number of hydrogen-bond donors (Lipinski definition) is 3. The number of nitrogens with zero attached hydrogens (tertiary/aromatic N) is 2. The van der Waals surface area contributed by atoms with E-state index in [2.05, 4.69) is 42.8 Å². The topological polar surface area (TPSA) is 165 Å². The molecule has 2 heterocycles. The second kappa shape index (κ2) is 15.0. The van der Waals surface area contributed by atoms with E-state index < -0.39 is 62.0 Å². The molecule has 3 N–H and O–H groups in total. The summed E-state index contributed by atoms with van der Waals surface area (Å²) in [5, 5.41) is 6.96. The van der Waals surface area contributed by atoms with E-state index in [0.717, 1.165) is 10.8 Å². The number of aromatic nitrogens is 1. The zero-order valence-corrected chi connectivity index (χ0v) is 32.5. The van der Waals surface area contributed by atoms with E-state index in [4.69, 9.17) is 14.2 Å². The van der Waals surface area contributed by atoms with Gasteiger partial charge in [0.2, 0.25) is 21.8 Å². The molecule has 1 aliphatic heterocycles. The van der Waals surface area contributed by atoms with Gasteiger partial charge in [0, 0.05) is 29.8 Å². The van der Waals surface area contributed by atoms with Crippen molar-refractivity contribution >= 4 is 54.6 Å². The van der Waals surface area contributed by atoms with Crippen LogP contribution in [0.25, 0.3) is 10.8 Å². The highest BCUT2D eigenvalue weighted by atomic mass is 79.9. The lowest BCUT2D eigenvalue weighted by molar-refractivity contribution is -0.137. The fourth-order valence-electron chi connectivity index (χ4n) is 5.86. The van der Waals surface area contributed by atoms with E-state index in [9.17, 15) is 22.8 Å². The van der Waals surface area contributed by atoms with Crippen LogP contribution in [0.4, 0.5) is 4.79 Å². The van der Waals surface area contributed by atoms with Gasteiger partial charge in [-0.3, -0.25) is 14.3 Å². The Morgan fingerprint density at radius 1 is 1.10 bits per heavy atom. The fourth-order valence-corrected chi connectivity index (χ4v) is 7.81. The van der Waals surface area contributed by atoms with Gasteiger partial charge in [-0.05, 0) is 74.4 Å². The standard InChI is InChI=1S/C35H50BrN5O8S/c1-10-17-35(8,31(43)40-50(45,46)23-15-16-23)37-19-21-18-22(48-29-25-14-12-11-13-24(25)26(47-9)28(36)39-29)20-41(21)30(42)27(33(2,3)4)38-32(44)49-34(5,6)7/h10-14,21-23,27,37H,1,15-20H2,2-9H3,(H,38,44)(H,40,43)/t21-,22+,27+,35+/m0/s1. The monoisotopic (exact) mass is 779 g/mol. The lowest BCUT2D eigenvalue weighted by Crippen LogP contribution is -2.60. The zero-order chi connectivity index (χ0) is 37.2. The first-order valence-corrected chi connectivity index (χ1v) is 19.0. The molecule has 4 atom stereocenters. The molecule has 3 amide bonds. The summed E-state index contributed by atoms with van der Waals surface area (Å²) in [5.74, 6) is -0.158. The average Bonchev–Trinajstić information content (AvgIpc) is 3.79. The summed E-state index contributed by atoms with van der Waals surface area (Å²) in [6.45, 7) is 16.4. The Bertz CT molecular complexity index is 1720. The van der Waals surface area contributed by atoms with Gasteiger partial charge in [0.1, 0.15) is 17.7 Å². The number of benzene rings is 1. The van der Waals surface area contributed by atoms with Gasteiger partial charge in [-0.15, -0.1) is 6.58 Å². The molecular weight excluding hydrogens is 730 g/mol. The van der Waals surface area contributed by atoms with Crippen LogP contribution < -0.4 is 24.8 Å². The molecule has 50 heavy (non-hydrogen) atoms. The summed E-state index contributed by atoms with van der Waals surface area (Å²) in [5.41, 5.74) is -2.84. The predicted molar refractivity (Wildman–Crippen MR) is 194 cm³/mol. The van der Waals surface area contributed by atoms with Gasteiger partial charge in [0.25, 0.3) is 5.91 Å². The SMILES string of the molecule is C=CC[C@@](C)(NC[C@@H]1C[C@@H](Oc2nc(Br)c(OC)c3ccccc23)CN1C(=O)[C@@H](NC(=O)OC(C)(C)C)C(C)(C)C)C(=O)NS(=O)(=O)C1CC1. The number of hydrogen-bond acceptors (Lipinski definition) is 10. The van der Waals surface area contributed by atoms with Gasteiger partial charge in [0.15, 0.2) is 10.4 Å². The molecule has 2 aliphatic rings. The molecule has 1 aromatic carbocycles. The molecule has 0 unspecified atom stereocenters. The van der Waals surface area contributed by atoms with Gasteiger partial charge in [-0.2, -0.15) is 0 Å². The summed E-state index contributed by atoms with van der Waals surface area (Å²) in [6, 6.07) is 6.03. The molecule has 4 rings (SSSR count). The molecule has 15 heteroatoms. The first-order chi connectivity index (χ1) is 23.2. The minimum Gasteiger partial charge on any atom is -0.493 e. The van der Waals surface area contributed by atoms with Crippen LogP contribution in [0.3, 0.4) is 0 Å². The Labute approximate surface area is 303 Å². The molecule has 13 nitrogen and oxygen atoms in total. The number of fused-ring (bicyclic) bond motifs is 1. The van der Waals surface area contributed by atoms with Crippen molar-refractivity contribution in [1.82, 2.24) is 25.2 Å². The number of nitrogens with one attached hydrogen (secondary N) is 3. The second-order valence-corrected chi connectivity index (χ2v) is 17.9. The van der Waals surface area contributed by atoms with Crippen LogP contribution in [-0.4, -0.2) is 91.0 Å². The predicted octanol–water partition coefficient (Wildman–Crippen LogP) is 4.83. The highest BCUT2D eigenvalue weighted by Crippen LogP contribution is 2.38. The minimum atomic E-state index is -3.80. The number of ether oxygens (including phenoxy) is 3. The van der Waals surface area contributed by atoms with Crippen LogP contribution in [0.5, 0.6) is 11.6 Å². The third kappa shape index (κ3) is 9.46. The van der Waals surface area contributed by atoms with E-state index >= 15 is 0 Å². The van der Waals surface area contributed by atoms with E-state index in [0.29, 0.717) is 35.5 Å². The third-order valence-electron chi connectivity index (χ3n) is 8.68. The number of rotatable bonds is 13. The largest absolute Gasteiger partial charge is 0.493 e. The summed E-state index contributed by atoms with van der Waals surface area (Å²) in [7, 11) is -2.24. The third-order valence-corrected chi connectivity index (χ3v) is 11.0. The number of carbonyl (C=O) groups is 3. The molecule has 0 radical (unpaired) electrons. The van der Waals surface area contributed by atoms with Crippen LogP contribution in [0.15, 0.2) is 41.5 Å². The average molecular weight is 781 g/mol. The van der Waals surface area contributed by atoms with Gasteiger partial charge in [-0.1, -0.05) is 45.0 Å². The van der Waals surface area contributed by atoms with E-state index in [1.165, 1.54) is 0 Å². The molecule has 276 valence electrons. The number of halogens is 1. The smallest absolute Gasteiger partial charge is 0.408 e. The van der Waals surface area contributed by atoms with Crippen molar-refractivity contribution in [3.8, 4) is 11.6 Å².